The Labute approximate surface area is 200 Å². The van der Waals surface area contributed by atoms with Gasteiger partial charge in [0.05, 0.1) is 22.4 Å². The molecule has 1 unspecified atom stereocenters. The van der Waals surface area contributed by atoms with Crippen molar-refractivity contribution in [3.8, 4) is 10.4 Å². The van der Waals surface area contributed by atoms with E-state index >= 15 is 0 Å². The van der Waals surface area contributed by atoms with Crippen LogP contribution in [0.5, 0.6) is 0 Å². The lowest BCUT2D eigenvalue weighted by Crippen LogP contribution is -2.38. The van der Waals surface area contributed by atoms with Gasteiger partial charge in [0.1, 0.15) is 4.90 Å². The van der Waals surface area contributed by atoms with Crippen LogP contribution >= 0.6 is 11.3 Å². The SMILES string of the molecule is Cc1ncc(-c2sc(NC(C)C3CCOCC3)nc2C)cc1S(=O)(=O)NC1CCC(O)CC1. The quantitative estimate of drug-likeness (QED) is 0.539. The van der Waals surface area contributed by atoms with Gasteiger partial charge >= 0.3 is 0 Å². The summed E-state index contributed by atoms with van der Waals surface area (Å²) in [6.07, 6.45) is 5.99. The van der Waals surface area contributed by atoms with Gasteiger partial charge in [-0.1, -0.05) is 11.3 Å². The molecule has 2 aromatic heterocycles. The van der Waals surface area contributed by atoms with E-state index in [2.05, 4.69) is 21.9 Å². The molecule has 10 heteroatoms. The molecule has 0 spiro atoms. The molecule has 1 aliphatic carbocycles. The summed E-state index contributed by atoms with van der Waals surface area (Å²) in [6, 6.07) is 1.83. The number of rotatable bonds is 7. The number of aliphatic hydroxyl groups excluding tert-OH is 1. The summed E-state index contributed by atoms with van der Waals surface area (Å²) < 4.78 is 34.6. The van der Waals surface area contributed by atoms with Crippen molar-refractivity contribution in [1.29, 1.82) is 0 Å². The van der Waals surface area contributed by atoms with Gasteiger partial charge in [-0.05, 0) is 71.3 Å². The van der Waals surface area contributed by atoms with Crippen LogP contribution in [-0.2, 0) is 14.8 Å². The lowest BCUT2D eigenvalue weighted by atomic mass is 9.93. The number of pyridine rings is 1. The molecule has 2 aromatic rings. The predicted octanol–water partition coefficient (Wildman–Crippen LogP) is 3.63. The smallest absolute Gasteiger partial charge is 0.242 e. The molecular formula is C23H34N4O4S2. The zero-order chi connectivity index (χ0) is 23.6. The maximum atomic E-state index is 13.1. The maximum absolute atomic E-state index is 13.1. The van der Waals surface area contributed by atoms with Gasteiger partial charge in [0, 0.05) is 37.1 Å². The summed E-state index contributed by atoms with van der Waals surface area (Å²) in [5.41, 5.74) is 2.07. The van der Waals surface area contributed by atoms with Gasteiger partial charge < -0.3 is 15.2 Å². The first-order valence-electron chi connectivity index (χ1n) is 11.7. The minimum Gasteiger partial charge on any atom is -0.393 e. The normalized spacial score (nSPS) is 23.4. The van der Waals surface area contributed by atoms with E-state index in [4.69, 9.17) is 9.72 Å². The Morgan fingerprint density at radius 3 is 2.52 bits per heavy atom. The highest BCUT2D eigenvalue weighted by Gasteiger charge is 2.27. The van der Waals surface area contributed by atoms with E-state index < -0.39 is 10.0 Å². The number of aliphatic hydroxyl groups is 1. The first-order valence-corrected chi connectivity index (χ1v) is 14.0. The van der Waals surface area contributed by atoms with E-state index in [1.807, 2.05) is 6.92 Å². The van der Waals surface area contributed by atoms with Gasteiger partial charge in [0.15, 0.2) is 5.13 Å². The zero-order valence-electron chi connectivity index (χ0n) is 19.5. The Morgan fingerprint density at radius 1 is 1.12 bits per heavy atom. The molecule has 0 bridgehead atoms. The van der Waals surface area contributed by atoms with Gasteiger partial charge in [-0.15, -0.1) is 0 Å². The maximum Gasteiger partial charge on any atom is 0.242 e. The lowest BCUT2D eigenvalue weighted by Gasteiger charge is -2.28. The van der Waals surface area contributed by atoms with Crippen LogP contribution in [0.4, 0.5) is 5.13 Å². The van der Waals surface area contributed by atoms with E-state index in [9.17, 15) is 13.5 Å². The van der Waals surface area contributed by atoms with E-state index in [0.717, 1.165) is 47.3 Å². The van der Waals surface area contributed by atoms with Gasteiger partial charge in [-0.3, -0.25) is 4.98 Å². The van der Waals surface area contributed by atoms with Crippen LogP contribution in [0, 0.1) is 19.8 Å². The molecule has 0 amide bonds. The van der Waals surface area contributed by atoms with Crippen LogP contribution < -0.4 is 10.0 Å². The molecular weight excluding hydrogens is 460 g/mol. The number of nitrogens with one attached hydrogen (secondary N) is 2. The van der Waals surface area contributed by atoms with Crippen molar-refractivity contribution in [2.75, 3.05) is 18.5 Å². The second-order valence-electron chi connectivity index (χ2n) is 9.25. The molecule has 2 aliphatic rings. The van der Waals surface area contributed by atoms with Crippen LogP contribution in [-0.4, -0.2) is 54.9 Å². The highest BCUT2D eigenvalue weighted by Crippen LogP contribution is 2.35. The van der Waals surface area contributed by atoms with Crippen LogP contribution in [0.3, 0.4) is 0 Å². The van der Waals surface area contributed by atoms with Gasteiger partial charge in [0.2, 0.25) is 10.0 Å². The minimum absolute atomic E-state index is 0.158. The molecule has 3 heterocycles. The average molecular weight is 495 g/mol. The number of aromatic nitrogens is 2. The number of sulfonamides is 1. The predicted molar refractivity (Wildman–Crippen MR) is 130 cm³/mol. The number of hydrogen-bond acceptors (Lipinski definition) is 8. The molecule has 4 rings (SSSR count). The molecule has 0 aromatic carbocycles. The molecule has 2 fully saturated rings. The van der Waals surface area contributed by atoms with Crippen molar-refractivity contribution >= 4 is 26.5 Å². The highest BCUT2D eigenvalue weighted by molar-refractivity contribution is 7.89. The summed E-state index contributed by atoms with van der Waals surface area (Å²) in [6.45, 7) is 7.45. The van der Waals surface area contributed by atoms with Crippen molar-refractivity contribution in [3.05, 3.63) is 23.7 Å². The minimum atomic E-state index is -3.72. The van der Waals surface area contributed by atoms with Crippen molar-refractivity contribution < 1.29 is 18.3 Å². The fourth-order valence-corrected chi connectivity index (χ4v) is 7.21. The Hall–Kier alpha value is -1.59. The number of hydrogen-bond donors (Lipinski definition) is 3. The molecule has 33 heavy (non-hydrogen) atoms. The van der Waals surface area contributed by atoms with Crippen molar-refractivity contribution in [2.45, 2.75) is 82.4 Å². The number of anilines is 1. The van der Waals surface area contributed by atoms with Crippen molar-refractivity contribution in [3.63, 3.8) is 0 Å². The van der Waals surface area contributed by atoms with E-state index in [-0.39, 0.29) is 23.1 Å². The van der Waals surface area contributed by atoms with Crippen LogP contribution in [0.25, 0.3) is 10.4 Å². The molecule has 3 N–H and O–H groups in total. The summed E-state index contributed by atoms with van der Waals surface area (Å²) in [5.74, 6) is 0.552. The van der Waals surface area contributed by atoms with Crippen molar-refractivity contribution in [2.24, 2.45) is 5.92 Å². The Morgan fingerprint density at radius 2 is 1.82 bits per heavy atom. The number of thiazole rings is 1. The van der Waals surface area contributed by atoms with Crippen molar-refractivity contribution in [1.82, 2.24) is 14.7 Å². The molecule has 8 nitrogen and oxygen atoms in total. The third-order valence-corrected chi connectivity index (χ3v) is 9.51. The Kier molecular flexibility index (Phi) is 7.69. The topological polar surface area (TPSA) is 113 Å². The Balaban J connectivity index is 1.52. The summed E-state index contributed by atoms with van der Waals surface area (Å²) in [5, 5.41) is 14.1. The van der Waals surface area contributed by atoms with Crippen LogP contribution in [0.1, 0.15) is 56.8 Å². The number of aryl methyl sites for hydroxylation is 2. The molecule has 0 radical (unpaired) electrons. The molecule has 1 aliphatic heterocycles. The Bertz CT molecular complexity index is 1060. The van der Waals surface area contributed by atoms with Crippen LogP contribution in [0.2, 0.25) is 0 Å². The lowest BCUT2D eigenvalue weighted by molar-refractivity contribution is 0.0622. The van der Waals surface area contributed by atoms with Gasteiger partial charge in [0.25, 0.3) is 0 Å². The first-order chi connectivity index (χ1) is 15.7. The summed E-state index contributed by atoms with van der Waals surface area (Å²) in [7, 11) is -3.72. The fraction of sp³-hybridized carbons (Fsp3) is 0.652. The first kappa shape index (κ1) is 24.5. The molecule has 182 valence electrons. The number of nitrogens with zero attached hydrogens (tertiary/aromatic N) is 2. The molecule has 1 saturated carbocycles. The second-order valence-corrected chi connectivity index (χ2v) is 11.9. The third kappa shape index (κ3) is 5.92. The van der Waals surface area contributed by atoms with E-state index in [1.165, 1.54) is 11.3 Å². The fourth-order valence-electron chi connectivity index (χ4n) is 4.64. The molecule has 1 saturated heterocycles. The van der Waals surface area contributed by atoms with Crippen LogP contribution in [0.15, 0.2) is 17.2 Å². The van der Waals surface area contributed by atoms with Gasteiger partial charge in [-0.2, -0.15) is 0 Å². The van der Waals surface area contributed by atoms with Gasteiger partial charge in [-0.25, -0.2) is 18.1 Å². The zero-order valence-corrected chi connectivity index (χ0v) is 21.1. The standard InChI is InChI=1S/C23H34N4O4S2/c1-14(17-8-10-31-11-9-17)25-23-26-16(3)22(32-23)18-12-21(15(2)24-13-18)33(29,30)27-19-4-6-20(28)7-5-19/h12-14,17,19-20,27-28H,4-11H2,1-3H3,(H,25,26). The summed E-state index contributed by atoms with van der Waals surface area (Å²) in [4.78, 5) is 10.2. The molecule has 1 atom stereocenters. The number of ether oxygens (including phenoxy) is 1. The largest absolute Gasteiger partial charge is 0.393 e. The monoisotopic (exact) mass is 494 g/mol. The third-order valence-electron chi connectivity index (χ3n) is 6.73. The second kappa shape index (κ2) is 10.4. The average Bonchev–Trinajstić information content (AvgIpc) is 3.16. The highest BCUT2D eigenvalue weighted by atomic mass is 32.2. The van der Waals surface area contributed by atoms with E-state index in [0.29, 0.717) is 37.3 Å². The summed E-state index contributed by atoms with van der Waals surface area (Å²) >= 11 is 1.53. The van der Waals surface area contributed by atoms with E-state index in [1.54, 1.807) is 19.2 Å².